The number of hydrogen-bond acceptors (Lipinski definition) is 4. The summed E-state index contributed by atoms with van der Waals surface area (Å²) in [4.78, 5) is 24.8. The zero-order chi connectivity index (χ0) is 14.5. The molecule has 20 heavy (non-hydrogen) atoms. The zero-order valence-corrected chi connectivity index (χ0v) is 11.8. The second-order valence-corrected chi connectivity index (χ2v) is 4.51. The fourth-order valence-electron chi connectivity index (χ4n) is 2.19. The molecule has 0 atom stereocenters. The van der Waals surface area contributed by atoms with Gasteiger partial charge in [-0.3, -0.25) is 9.59 Å². The van der Waals surface area contributed by atoms with Crippen molar-refractivity contribution in [1.29, 1.82) is 0 Å². The third-order valence-electron chi connectivity index (χ3n) is 3.10. The van der Waals surface area contributed by atoms with E-state index < -0.39 is 0 Å². The number of ketones is 1. The second kappa shape index (κ2) is 6.41. The molecule has 1 aromatic carbocycles. The van der Waals surface area contributed by atoms with Gasteiger partial charge in [0.2, 0.25) is 5.91 Å². The smallest absolute Gasteiger partial charge is 0.234 e. The Morgan fingerprint density at radius 3 is 2.45 bits per heavy atom. The normalized spacial score (nSPS) is 15.4. The molecule has 0 aromatic heterocycles. The van der Waals surface area contributed by atoms with Crippen molar-refractivity contribution in [2.75, 3.05) is 24.7 Å². The van der Waals surface area contributed by atoms with Gasteiger partial charge in [-0.2, -0.15) is 0 Å². The molecule has 1 aliphatic rings. The van der Waals surface area contributed by atoms with Gasteiger partial charge in [-0.05, 0) is 26.0 Å². The summed E-state index contributed by atoms with van der Waals surface area (Å²) in [6, 6.07) is 5.41. The highest BCUT2D eigenvalue weighted by molar-refractivity contribution is 6.08. The summed E-state index contributed by atoms with van der Waals surface area (Å²) in [6.07, 6.45) is 0.389. The van der Waals surface area contributed by atoms with E-state index in [1.165, 1.54) is 0 Å². The van der Waals surface area contributed by atoms with Gasteiger partial charge in [0.25, 0.3) is 0 Å². The summed E-state index contributed by atoms with van der Waals surface area (Å²) in [6.45, 7) is 5.31. The fourth-order valence-corrected chi connectivity index (χ4v) is 2.19. The SMILES string of the molecule is CCOc1ccc(N2CCC(=O)CC2=O)cc1OCC. The van der Waals surface area contributed by atoms with Crippen LogP contribution in [0.3, 0.4) is 0 Å². The van der Waals surface area contributed by atoms with Crippen molar-refractivity contribution in [3.63, 3.8) is 0 Å². The molecule has 108 valence electrons. The maximum absolute atomic E-state index is 11.9. The molecule has 5 nitrogen and oxygen atoms in total. The molecule has 1 aliphatic heterocycles. The molecule has 0 radical (unpaired) electrons. The number of amides is 1. The number of nitrogens with zero attached hydrogens (tertiary/aromatic N) is 1. The first-order valence-corrected chi connectivity index (χ1v) is 6.87. The lowest BCUT2D eigenvalue weighted by atomic mass is 10.1. The van der Waals surface area contributed by atoms with E-state index in [4.69, 9.17) is 9.47 Å². The lowest BCUT2D eigenvalue weighted by Crippen LogP contribution is -2.39. The van der Waals surface area contributed by atoms with E-state index in [1.54, 1.807) is 17.0 Å². The van der Waals surface area contributed by atoms with Gasteiger partial charge in [0.1, 0.15) is 5.78 Å². The highest BCUT2D eigenvalue weighted by Gasteiger charge is 2.25. The number of piperidine rings is 1. The van der Waals surface area contributed by atoms with Gasteiger partial charge in [-0.25, -0.2) is 0 Å². The van der Waals surface area contributed by atoms with Crippen molar-refractivity contribution in [3.8, 4) is 11.5 Å². The summed E-state index contributed by atoms with van der Waals surface area (Å²) in [5.74, 6) is 1.13. The standard InChI is InChI=1S/C15H19NO4/c1-3-19-13-6-5-11(9-14(13)20-4-2)16-8-7-12(17)10-15(16)18/h5-6,9H,3-4,7-8,10H2,1-2H3. The molecule has 5 heteroatoms. The third-order valence-corrected chi connectivity index (χ3v) is 3.10. The van der Waals surface area contributed by atoms with Crippen LogP contribution in [0.4, 0.5) is 5.69 Å². The lowest BCUT2D eigenvalue weighted by Gasteiger charge is -2.26. The minimum Gasteiger partial charge on any atom is -0.490 e. The van der Waals surface area contributed by atoms with Crippen LogP contribution in [0.25, 0.3) is 0 Å². The zero-order valence-electron chi connectivity index (χ0n) is 11.8. The summed E-state index contributed by atoms with van der Waals surface area (Å²) in [5, 5.41) is 0. The number of ether oxygens (including phenoxy) is 2. The summed E-state index contributed by atoms with van der Waals surface area (Å²) in [7, 11) is 0. The number of hydrogen-bond donors (Lipinski definition) is 0. The second-order valence-electron chi connectivity index (χ2n) is 4.51. The number of anilines is 1. The van der Waals surface area contributed by atoms with Crippen LogP contribution in [-0.4, -0.2) is 31.4 Å². The summed E-state index contributed by atoms with van der Waals surface area (Å²) in [5.41, 5.74) is 0.745. The average Bonchev–Trinajstić information content (AvgIpc) is 2.41. The van der Waals surface area contributed by atoms with Crippen LogP contribution in [0.2, 0.25) is 0 Å². The van der Waals surface area contributed by atoms with Crippen molar-refractivity contribution < 1.29 is 19.1 Å². The Bertz CT molecular complexity index is 513. The highest BCUT2D eigenvalue weighted by Crippen LogP contribution is 2.33. The number of benzene rings is 1. The van der Waals surface area contributed by atoms with Gasteiger partial charge in [0, 0.05) is 24.7 Å². The van der Waals surface area contributed by atoms with Crippen molar-refractivity contribution in [3.05, 3.63) is 18.2 Å². The average molecular weight is 277 g/mol. The Labute approximate surface area is 118 Å². The van der Waals surface area contributed by atoms with Crippen LogP contribution in [0, 0.1) is 0 Å². The molecule has 0 unspecified atom stereocenters. The number of rotatable bonds is 5. The molecule has 1 heterocycles. The summed E-state index contributed by atoms with van der Waals surface area (Å²) < 4.78 is 11.0. The summed E-state index contributed by atoms with van der Waals surface area (Å²) >= 11 is 0. The Hall–Kier alpha value is -2.04. The number of carbonyl (C=O) groups is 2. The topological polar surface area (TPSA) is 55.8 Å². The molecule has 1 amide bonds. The molecular formula is C15H19NO4. The first-order chi connectivity index (χ1) is 9.65. The Morgan fingerprint density at radius 1 is 1.10 bits per heavy atom. The molecule has 1 saturated heterocycles. The quantitative estimate of drug-likeness (QED) is 0.774. The molecular weight excluding hydrogens is 258 g/mol. The molecule has 0 bridgehead atoms. The van der Waals surface area contributed by atoms with Gasteiger partial charge in [-0.15, -0.1) is 0 Å². The van der Waals surface area contributed by atoms with Crippen LogP contribution in [0.1, 0.15) is 26.7 Å². The fraction of sp³-hybridized carbons (Fsp3) is 0.467. The molecule has 1 aromatic rings. The van der Waals surface area contributed by atoms with Crippen molar-refractivity contribution in [1.82, 2.24) is 0 Å². The largest absolute Gasteiger partial charge is 0.490 e. The monoisotopic (exact) mass is 277 g/mol. The van der Waals surface area contributed by atoms with Crippen LogP contribution in [0.5, 0.6) is 11.5 Å². The van der Waals surface area contributed by atoms with Crippen LogP contribution >= 0.6 is 0 Å². The maximum atomic E-state index is 11.9. The first kappa shape index (κ1) is 14.4. The first-order valence-electron chi connectivity index (χ1n) is 6.87. The highest BCUT2D eigenvalue weighted by atomic mass is 16.5. The van der Waals surface area contributed by atoms with E-state index >= 15 is 0 Å². The van der Waals surface area contributed by atoms with E-state index in [0.29, 0.717) is 37.7 Å². The molecule has 2 rings (SSSR count). The van der Waals surface area contributed by atoms with Crippen molar-refractivity contribution >= 4 is 17.4 Å². The molecule has 0 N–H and O–H groups in total. The van der Waals surface area contributed by atoms with Crippen LogP contribution in [-0.2, 0) is 9.59 Å². The van der Waals surface area contributed by atoms with Crippen LogP contribution < -0.4 is 14.4 Å². The van der Waals surface area contributed by atoms with E-state index in [0.717, 1.165) is 5.69 Å². The maximum Gasteiger partial charge on any atom is 0.234 e. The van der Waals surface area contributed by atoms with Gasteiger partial charge < -0.3 is 14.4 Å². The number of Topliss-reactive ketones (excluding diaryl/α,β-unsaturated/α-hetero) is 1. The van der Waals surface area contributed by atoms with E-state index in [-0.39, 0.29) is 18.1 Å². The van der Waals surface area contributed by atoms with Gasteiger partial charge in [0.05, 0.1) is 19.6 Å². The van der Waals surface area contributed by atoms with E-state index in [2.05, 4.69) is 0 Å². The van der Waals surface area contributed by atoms with Gasteiger partial charge in [-0.1, -0.05) is 0 Å². The van der Waals surface area contributed by atoms with Crippen molar-refractivity contribution in [2.24, 2.45) is 0 Å². The minimum atomic E-state index is -0.159. The molecule has 0 aliphatic carbocycles. The van der Waals surface area contributed by atoms with E-state index in [9.17, 15) is 9.59 Å². The Kier molecular flexibility index (Phi) is 4.61. The van der Waals surface area contributed by atoms with Crippen LogP contribution in [0.15, 0.2) is 18.2 Å². The van der Waals surface area contributed by atoms with Crippen molar-refractivity contribution in [2.45, 2.75) is 26.7 Å². The molecule has 1 fully saturated rings. The number of carbonyl (C=O) groups excluding carboxylic acids is 2. The Balaban J connectivity index is 2.25. The Morgan fingerprint density at radius 2 is 1.80 bits per heavy atom. The van der Waals surface area contributed by atoms with Gasteiger partial charge in [0.15, 0.2) is 11.5 Å². The van der Waals surface area contributed by atoms with E-state index in [1.807, 2.05) is 19.9 Å². The lowest BCUT2D eigenvalue weighted by molar-refractivity contribution is -0.128. The van der Waals surface area contributed by atoms with Gasteiger partial charge >= 0.3 is 0 Å². The predicted octanol–water partition coefficient (Wildman–Crippen LogP) is 2.18. The predicted molar refractivity (Wildman–Crippen MR) is 75.4 cm³/mol. The molecule has 0 spiro atoms. The minimum absolute atomic E-state index is 0.00205. The molecule has 0 saturated carbocycles. The third kappa shape index (κ3) is 3.10.